The van der Waals surface area contributed by atoms with Crippen LogP contribution in [0.25, 0.3) is 0 Å². The third-order valence-corrected chi connectivity index (χ3v) is 3.11. The number of para-hydroxylation sites is 2. The summed E-state index contributed by atoms with van der Waals surface area (Å²) < 4.78 is 37.2. The Hall–Kier alpha value is -2.50. The fraction of sp³-hybridized carbons (Fsp3) is 0.188. The minimum absolute atomic E-state index is 0.179. The highest BCUT2D eigenvalue weighted by Gasteiger charge is 2.27. The molecule has 2 aromatic carbocycles. The molecule has 0 aliphatic heterocycles. The Kier molecular flexibility index (Phi) is 4.70. The molecule has 2 aromatic rings. The molecule has 0 N–H and O–H groups in total. The van der Waals surface area contributed by atoms with Gasteiger partial charge in [0.05, 0.1) is 5.69 Å². The molecule has 0 unspecified atom stereocenters. The van der Waals surface area contributed by atoms with Crippen molar-refractivity contribution in [1.29, 1.82) is 0 Å². The lowest BCUT2D eigenvalue weighted by Crippen LogP contribution is -2.38. The number of anilines is 2. The molecule has 22 heavy (non-hydrogen) atoms. The molecule has 2 rings (SSSR count). The van der Waals surface area contributed by atoms with E-state index in [2.05, 4.69) is 0 Å². The number of halogens is 3. The Balaban J connectivity index is 2.39. The van der Waals surface area contributed by atoms with Gasteiger partial charge in [-0.25, -0.2) is 0 Å². The predicted molar refractivity (Wildman–Crippen MR) is 74.8 cm³/mol. The summed E-state index contributed by atoms with van der Waals surface area (Å²) in [5.74, 6) is 0. The number of benzene rings is 2. The number of nitrogens with zero attached hydrogens (tertiary/aromatic N) is 1. The van der Waals surface area contributed by atoms with E-state index in [0.717, 1.165) is 4.90 Å². The summed E-state index contributed by atoms with van der Waals surface area (Å²) in [4.78, 5) is 12.3. The summed E-state index contributed by atoms with van der Waals surface area (Å²) in [6.45, 7) is 0. The fourth-order valence-corrected chi connectivity index (χ4v) is 2.14. The number of carboxylic acid groups (broad SMARTS) is 1. The smallest absolute Gasteiger partial charge is 0.389 e. The maximum Gasteiger partial charge on any atom is 0.389 e. The molecule has 3 nitrogen and oxygen atoms in total. The van der Waals surface area contributed by atoms with Gasteiger partial charge in [0.15, 0.2) is 0 Å². The van der Waals surface area contributed by atoms with Crippen LogP contribution < -0.4 is 10.0 Å². The second kappa shape index (κ2) is 6.51. The topological polar surface area (TPSA) is 43.4 Å². The Morgan fingerprint density at radius 1 is 1.00 bits per heavy atom. The van der Waals surface area contributed by atoms with Crippen molar-refractivity contribution >= 4 is 17.5 Å². The van der Waals surface area contributed by atoms with Gasteiger partial charge in [-0.3, -0.25) is 4.90 Å². The number of alkyl halides is 3. The average molecular weight is 308 g/mol. The van der Waals surface area contributed by atoms with Crippen LogP contribution in [0.3, 0.4) is 0 Å². The molecule has 0 saturated heterocycles. The van der Waals surface area contributed by atoms with E-state index in [9.17, 15) is 23.1 Å². The molecule has 0 spiro atoms. The van der Waals surface area contributed by atoms with Gasteiger partial charge in [0.25, 0.3) is 0 Å². The van der Waals surface area contributed by atoms with Crippen LogP contribution in [0, 0.1) is 0 Å². The van der Waals surface area contributed by atoms with Gasteiger partial charge in [-0.05, 0) is 30.2 Å². The summed E-state index contributed by atoms with van der Waals surface area (Å²) in [5, 5.41) is 11.4. The van der Waals surface area contributed by atoms with Crippen molar-refractivity contribution < 1.29 is 23.1 Å². The normalized spacial score (nSPS) is 11.2. The van der Waals surface area contributed by atoms with Gasteiger partial charge in [-0.1, -0.05) is 36.4 Å². The van der Waals surface area contributed by atoms with E-state index >= 15 is 0 Å². The van der Waals surface area contributed by atoms with Gasteiger partial charge in [-0.15, -0.1) is 0 Å². The number of hydrogen-bond donors (Lipinski definition) is 0. The maximum absolute atomic E-state index is 12.4. The van der Waals surface area contributed by atoms with E-state index in [-0.39, 0.29) is 12.1 Å². The lowest BCUT2D eigenvalue weighted by atomic mass is 10.1. The summed E-state index contributed by atoms with van der Waals surface area (Å²) in [6, 6.07) is 14.2. The summed E-state index contributed by atoms with van der Waals surface area (Å²) >= 11 is 0. The Morgan fingerprint density at radius 3 is 2.18 bits per heavy atom. The zero-order valence-corrected chi connectivity index (χ0v) is 11.5. The van der Waals surface area contributed by atoms with Crippen molar-refractivity contribution in [2.24, 2.45) is 0 Å². The van der Waals surface area contributed by atoms with Crippen LogP contribution in [0.5, 0.6) is 0 Å². The molecule has 6 heteroatoms. The summed E-state index contributed by atoms with van der Waals surface area (Å²) in [6.07, 6.45) is -7.10. The summed E-state index contributed by atoms with van der Waals surface area (Å²) in [5.41, 5.74) is 0.799. The molecule has 0 aliphatic carbocycles. The highest BCUT2D eigenvalue weighted by atomic mass is 19.4. The first-order valence-electron chi connectivity index (χ1n) is 6.59. The molecule has 0 heterocycles. The number of aryl methyl sites for hydroxylation is 1. The molecule has 116 valence electrons. The number of carbonyl (C=O) groups is 1. The highest BCUT2D eigenvalue weighted by molar-refractivity contribution is 5.94. The van der Waals surface area contributed by atoms with Crippen LogP contribution in [-0.2, 0) is 6.42 Å². The number of amides is 1. The van der Waals surface area contributed by atoms with Crippen molar-refractivity contribution in [3.63, 3.8) is 0 Å². The third-order valence-electron chi connectivity index (χ3n) is 3.11. The second-order valence-electron chi connectivity index (χ2n) is 4.68. The lowest BCUT2D eigenvalue weighted by Gasteiger charge is -2.27. The molecule has 0 aromatic heterocycles. The van der Waals surface area contributed by atoms with E-state index in [4.69, 9.17) is 0 Å². The lowest BCUT2D eigenvalue weighted by molar-refractivity contribution is -0.245. The number of rotatable bonds is 4. The molecule has 0 atom stereocenters. The monoisotopic (exact) mass is 308 g/mol. The van der Waals surface area contributed by atoms with Crippen LogP contribution >= 0.6 is 0 Å². The highest BCUT2D eigenvalue weighted by Crippen LogP contribution is 2.31. The SMILES string of the molecule is O=C([O-])N(c1ccccc1)c1ccccc1CCC(F)(F)F. The predicted octanol–water partition coefficient (Wildman–Crippen LogP) is 3.66. The van der Waals surface area contributed by atoms with E-state index in [0.29, 0.717) is 11.3 Å². The van der Waals surface area contributed by atoms with Crippen LogP contribution in [0.2, 0.25) is 0 Å². The van der Waals surface area contributed by atoms with Crippen molar-refractivity contribution in [3.8, 4) is 0 Å². The molecule has 0 fully saturated rings. The zero-order valence-electron chi connectivity index (χ0n) is 11.5. The maximum atomic E-state index is 12.4. The minimum atomic E-state index is -4.30. The van der Waals surface area contributed by atoms with Gasteiger partial charge in [0.1, 0.15) is 6.09 Å². The average Bonchev–Trinajstić information content (AvgIpc) is 2.46. The molecule has 1 amide bonds. The van der Waals surface area contributed by atoms with E-state index in [1.54, 1.807) is 42.5 Å². The van der Waals surface area contributed by atoms with Crippen molar-refractivity contribution in [3.05, 3.63) is 60.2 Å². The first kappa shape index (κ1) is 15.9. The Labute approximate surface area is 125 Å². The van der Waals surface area contributed by atoms with E-state index < -0.39 is 18.7 Å². The fourth-order valence-electron chi connectivity index (χ4n) is 2.14. The van der Waals surface area contributed by atoms with Gasteiger partial charge < -0.3 is 9.90 Å². The van der Waals surface area contributed by atoms with Crippen LogP contribution in [-0.4, -0.2) is 12.3 Å². The van der Waals surface area contributed by atoms with Gasteiger partial charge in [0.2, 0.25) is 0 Å². The molecular formula is C16H13F3NO2-. The standard InChI is InChI=1S/C16H14F3NO2/c17-16(18,19)11-10-12-6-4-5-9-14(12)20(15(21)22)13-7-2-1-3-8-13/h1-9H,10-11H2,(H,21,22)/p-1. The number of hydrogen-bond acceptors (Lipinski definition) is 2. The quantitative estimate of drug-likeness (QED) is 0.865. The molecular weight excluding hydrogens is 295 g/mol. The molecule has 0 bridgehead atoms. The van der Waals surface area contributed by atoms with Crippen molar-refractivity contribution in [2.75, 3.05) is 4.90 Å². The minimum Gasteiger partial charge on any atom is -0.529 e. The van der Waals surface area contributed by atoms with Crippen LogP contribution in [0.15, 0.2) is 54.6 Å². The first-order valence-corrected chi connectivity index (χ1v) is 6.59. The zero-order chi connectivity index (χ0) is 16.2. The Morgan fingerprint density at radius 2 is 1.59 bits per heavy atom. The third kappa shape index (κ3) is 4.00. The molecule has 0 aliphatic rings. The summed E-state index contributed by atoms with van der Waals surface area (Å²) in [7, 11) is 0. The van der Waals surface area contributed by atoms with E-state index in [1.165, 1.54) is 12.1 Å². The van der Waals surface area contributed by atoms with Crippen molar-refractivity contribution in [1.82, 2.24) is 0 Å². The van der Waals surface area contributed by atoms with Gasteiger partial charge in [0, 0.05) is 12.1 Å². The second-order valence-corrected chi connectivity index (χ2v) is 4.68. The first-order chi connectivity index (χ1) is 10.4. The largest absolute Gasteiger partial charge is 0.529 e. The number of carbonyl (C=O) groups excluding carboxylic acids is 1. The van der Waals surface area contributed by atoms with Crippen LogP contribution in [0.1, 0.15) is 12.0 Å². The van der Waals surface area contributed by atoms with E-state index in [1.807, 2.05) is 0 Å². The molecule has 0 radical (unpaired) electrons. The Bertz CT molecular complexity index is 641. The van der Waals surface area contributed by atoms with Crippen LogP contribution in [0.4, 0.5) is 29.3 Å². The van der Waals surface area contributed by atoms with Crippen molar-refractivity contribution in [2.45, 2.75) is 19.0 Å². The van der Waals surface area contributed by atoms with Gasteiger partial charge in [-0.2, -0.15) is 13.2 Å². The molecule has 0 saturated carbocycles. The van der Waals surface area contributed by atoms with Gasteiger partial charge >= 0.3 is 6.18 Å².